The first-order valence-corrected chi connectivity index (χ1v) is 6.23. The van der Waals surface area contributed by atoms with Crippen molar-refractivity contribution in [2.45, 2.75) is 12.8 Å². The zero-order chi connectivity index (χ0) is 11.9. The molecule has 1 aromatic rings. The van der Waals surface area contributed by atoms with E-state index in [1.54, 1.807) is 0 Å². The minimum atomic E-state index is 0.559. The second-order valence-corrected chi connectivity index (χ2v) is 4.58. The average Bonchev–Trinajstić information content (AvgIpc) is 3.04. The summed E-state index contributed by atoms with van der Waals surface area (Å²) in [7, 11) is 0. The Labute approximate surface area is 105 Å². The molecule has 1 aliphatic carbocycles. The zero-order valence-electron chi connectivity index (χ0n) is 9.98. The van der Waals surface area contributed by atoms with Crippen molar-refractivity contribution < 1.29 is 9.47 Å². The molecule has 4 heteroatoms. The van der Waals surface area contributed by atoms with E-state index in [2.05, 4.69) is 34.5 Å². The van der Waals surface area contributed by atoms with E-state index in [1.165, 1.54) is 5.70 Å². The molecule has 2 aliphatic heterocycles. The van der Waals surface area contributed by atoms with Crippen molar-refractivity contribution >= 4 is 11.4 Å². The van der Waals surface area contributed by atoms with Gasteiger partial charge in [-0.1, -0.05) is 6.08 Å². The van der Waals surface area contributed by atoms with Gasteiger partial charge >= 0.3 is 0 Å². The van der Waals surface area contributed by atoms with Gasteiger partial charge in [0, 0.05) is 5.69 Å². The van der Waals surface area contributed by atoms with Crippen molar-refractivity contribution in [3.8, 4) is 5.75 Å². The van der Waals surface area contributed by atoms with Crippen LogP contribution in [0.25, 0.3) is 0 Å². The number of hydrogen-bond acceptors (Lipinski definition) is 4. The largest absolute Gasteiger partial charge is 0.471 e. The number of fused-ring (bicyclic) bond motifs is 2. The summed E-state index contributed by atoms with van der Waals surface area (Å²) in [6.07, 6.45) is 6.58. The van der Waals surface area contributed by atoms with Crippen molar-refractivity contribution in [3.63, 3.8) is 0 Å². The van der Waals surface area contributed by atoms with Gasteiger partial charge in [-0.3, -0.25) is 0 Å². The quantitative estimate of drug-likeness (QED) is 0.821. The van der Waals surface area contributed by atoms with Crippen LogP contribution in [0.5, 0.6) is 5.75 Å². The summed E-state index contributed by atoms with van der Waals surface area (Å²) in [5.74, 6) is 1.94. The maximum absolute atomic E-state index is 5.71. The molecule has 1 N–H and O–H groups in total. The molecule has 0 unspecified atom stereocenters. The van der Waals surface area contributed by atoms with Gasteiger partial charge in [-0.05, 0) is 37.1 Å². The number of hydrogen-bond donors (Lipinski definition) is 1. The summed E-state index contributed by atoms with van der Waals surface area (Å²) in [6.45, 7) is 1.15. The van der Waals surface area contributed by atoms with Crippen LogP contribution in [0.1, 0.15) is 12.8 Å². The lowest BCUT2D eigenvalue weighted by molar-refractivity contribution is 0.264. The fourth-order valence-electron chi connectivity index (χ4n) is 2.57. The summed E-state index contributed by atoms with van der Waals surface area (Å²) < 4.78 is 11.1. The molecule has 3 aliphatic rings. The highest BCUT2D eigenvalue weighted by Gasteiger charge is 2.27. The van der Waals surface area contributed by atoms with Crippen LogP contribution in [0.2, 0.25) is 0 Å². The van der Waals surface area contributed by atoms with Crippen molar-refractivity contribution in [2.75, 3.05) is 23.7 Å². The van der Waals surface area contributed by atoms with Crippen LogP contribution in [-0.4, -0.2) is 13.5 Å². The third-order valence-corrected chi connectivity index (χ3v) is 3.49. The number of anilines is 2. The summed E-state index contributed by atoms with van der Waals surface area (Å²) in [5, 5.41) is 3.21. The van der Waals surface area contributed by atoms with E-state index in [4.69, 9.17) is 9.47 Å². The molecular weight excluding hydrogens is 228 g/mol. The Morgan fingerprint density at radius 3 is 3.06 bits per heavy atom. The van der Waals surface area contributed by atoms with Gasteiger partial charge in [0.15, 0.2) is 13.5 Å². The van der Waals surface area contributed by atoms with E-state index < -0.39 is 0 Å². The molecule has 0 radical (unpaired) electrons. The predicted octanol–water partition coefficient (Wildman–Crippen LogP) is 2.80. The molecule has 0 spiro atoms. The van der Waals surface area contributed by atoms with E-state index >= 15 is 0 Å². The Balaban J connectivity index is 1.72. The third kappa shape index (κ3) is 1.38. The Morgan fingerprint density at radius 1 is 1.11 bits per heavy atom. The molecular formula is C14H14N2O2. The summed E-state index contributed by atoms with van der Waals surface area (Å²) in [6, 6.07) is 6.20. The molecule has 1 fully saturated rings. The zero-order valence-corrected chi connectivity index (χ0v) is 9.98. The number of benzene rings is 1. The number of ether oxygens (including phenoxy) is 2. The Kier molecular flexibility index (Phi) is 2.03. The van der Waals surface area contributed by atoms with Gasteiger partial charge < -0.3 is 19.7 Å². The molecule has 1 aromatic carbocycles. The van der Waals surface area contributed by atoms with Crippen LogP contribution in [-0.2, 0) is 4.74 Å². The molecule has 2 heterocycles. The highest BCUT2D eigenvalue weighted by atomic mass is 16.5. The predicted molar refractivity (Wildman–Crippen MR) is 69.4 cm³/mol. The Hall–Kier alpha value is -2.10. The first-order valence-electron chi connectivity index (χ1n) is 6.23. The van der Waals surface area contributed by atoms with Crippen LogP contribution >= 0.6 is 0 Å². The standard InChI is InChI=1S/C14H14N2O2/c1-2-4-14-12(3-1)16(9-18-14)10-5-6-13-11(7-10)15-8-17-13/h3-7,15H,1-2,8-9H2. The van der Waals surface area contributed by atoms with E-state index in [9.17, 15) is 0 Å². The Bertz CT molecular complexity index is 563. The van der Waals surface area contributed by atoms with Crippen LogP contribution in [0, 0.1) is 0 Å². The molecule has 0 amide bonds. The fraction of sp³-hybridized carbons (Fsp3) is 0.286. The van der Waals surface area contributed by atoms with Crippen molar-refractivity contribution in [3.05, 3.63) is 41.8 Å². The van der Waals surface area contributed by atoms with Crippen LogP contribution < -0.4 is 15.0 Å². The van der Waals surface area contributed by atoms with Gasteiger partial charge in [0.2, 0.25) is 0 Å². The fourth-order valence-corrected chi connectivity index (χ4v) is 2.57. The van der Waals surface area contributed by atoms with Crippen molar-refractivity contribution in [1.82, 2.24) is 0 Å². The molecule has 4 nitrogen and oxygen atoms in total. The molecule has 0 atom stereocenters. The topological polar surface area (TPSA) is 33.7 Å². The molecule has 1 saturated heterocycles. The van der Waals surface area contributed by atoms with Gasteiger partial charge in [0.1, 0.15) is 11.5 Å². The first kappa shape index (κ1) is 9.88. The normalized spacial score (nSPS) is 20.1. The van der Waals surface area contributed by atoms with E-state index in [0.717, 1.165) is 35.7 Å². The minimum absolute atomic E-state index is 0.559. The smallest absolute Gasteiger partial charge is 0.165 e. The van der Waals surface area contributed by atoms with E-state index in [1.807, 2.05) is 6.07 Å². The lowest BCUT2D eigenvalue weighted by atomic mass is 10.1. The Morgan fingerprint density at radius 2 is 2.06 bits per heavy atom. The second-order valence-electron chi connectivity index (χ2n) is 4.58. The van der Waals surface area contributed by atoms with E-state index in [-0.39, 0.29) is 0 Å². The molecule has 0 saturated carbocycles. The second kappa shape index (κ2) is 3.70. The SMILES string of the molecule is C1=C2OCN(c3ccc4c(c3)NCO4)C2=CCC1. The van der Waals surface area contributed by atoms with Gasteiger partial charge in [0.05, 0.1) is 11.4 Å². The van der Waals surface area contributed by atoms with E-state index in [0.29, 0.717) is 13.5 Å². The lowest BCUT2D eigenvalue weighted by Gasteiger charge is -2.18. The number of nitrogens with zero attached hydrogens (tertiary/aromatic N) is 1. The maximum Gasteiger partial charge on any atom is 0.165 e. The van der Waals surface area contributed by atoms with Crippen molar-refractivity contribution in [1.29, 1.82) is 0 Å². The molecule has 92 valence electrons. The number of rotatable bonds is 1. The highest BCUT2D eigenvalue weighted by molar-refractivity contribution is 5.70. The monoisotopic (exact) mass is 242 g/mol. The number of allylic oxidation sites excluding steroid dienone is 2. The van der Waals surface area contributed by atoms with Crippen molar-refractivity contribution in [2.24, 2.45) is 0 Å². The van der Waals surface area contributed by atoms with Crippen LogP contribution in [0.3, 0.4) is 0 Å². The molecule has 18 heavy (non-hydrogen) atoms. The van der Waals surface area contributed by atoms with Gasteiger partial charge in [-0.15, -0.1) is 0 Å². The average molecular weight is 242 g/mol. The summed E-state index contributed by atoms with van der Waals surface area (Å²) in [5.41, 5.74) is 3.39. The van der Waals surface area contributed by atoms with Crippen LogP contribution in [0.15, 0.2) is 41.8 Å². The van der Waals surface area contributed by atoms with Crippen LogP contribution in [0.4, 0.5) is 11.4 Å². The van der Waals surface area contributed by atoms with Gasteiger partial charge in [0.25, 0.3) is 0 Å². The van der Waals surface area contributed by atoms with Gasteiger partial charge in [-0.2, -0.15) is 0 Å². The highest BCUT2D eigenvalue weighted by Crippen LogP contribution is 2.38. The summed E-state index contributed by atoms with van der Waals surface area (Å²) >= 11 is 0. The molecule has 4 rings (SSSR count). The minimum Gasteiger partial charge on any atom is -0.471 e. The molecule has 0 bridgehead atoms. The third-order valence-electron chi connectivity index (χ3n) is 3.49. The molecule has 0 aromatic heterocycles. The lowest BCUT2D eigenvalue weighted by Crippen LogP contribution is -2.17. The van der Waals surface area contributed by atoms with Gasteiger partial charge in [-0.25, -0.2) is 0 Å². The summed E-state index contributed by atoms with van der Waals surface area (Å²) in [4.78, 5) is 2.20. The maximum atomic E-state index is 5.71. The first-order chi connectivity index (χ1) is 8.92. The number of nitrogens with one attached hydrogen (secondary N) is 1.